The first kappa shape index (κ1) is 34.7. The van der Waals surface area contributed by atoms with Crippen molar-refractivity contribution in [3.8, 4) is 17.2 Å². The van der Waals surface area contributed by atoms with Crippen LogP contribution in [0.2, 0.25) is 0 Å². The number of ether oxygens (including phenoxy) is 2. The van der Waals surface area contributed by atoms with E-state index in [0.29, 0.717) is 23.2 Å². The fraction of sp³-hybridized carbons (Fsp3) is 0.395. The van der Waals surface area contributed by atoms with Gasteiger partial charge in [-0.3, -0.25) is 29.5 Å². The number of anilines is 1. The molecule has 2 saturated carbocycles. The summed E-state index contributed by atoms with van der Waals surface area (Å²) >= 11 is 0. The lowest BCUT2D eigenvalue weighted by Crippen LogP contribution is -2.54. The SMILES string of the molecule is COc1cc(C=C[C@H]2C3=CC[C@@H]4C(=O)N(C5CCCCC5)C(=O)[C@@H]4[C@@H]3C[C@H]3C(=O)N(Nc4ccc(C)cc4)C(=O)[C@@]23c2ccccc2)cc(OC)c1O. The van der Waals surface area contributed by atoms with Gasteiger partial charge in [-0.25, -0.2) is 0 Å². The van der Waals surface area contributed by atoms with E-state index in [1.807, 2.05) is 73.7 Å². The molecule has 274 valence electrons. The van der Waals surface area contributed by atoms with E-state index in [-0.39, 0.29) is 53.3 Å². The second-order valence-electron chi connectivity index (χ2n) is 15.1. The first-order valence-corrected chi connectivity index (χ1v) is 18.7. The average molecular weight is 716 g/mol. The molecule has 0 spiro atoms. The summed E-state index contributed by atoms with van der Waals surface area (Å²) in [7, 11) is 2.92. The van der Waals surface area contributed by atoms with Crippen LogP contribution in [0.3, 0.4) is 0 Å². The molecule has 0 unspecified atom stereocenters. The summed E-state index contributed by atoms with van der Waals surface area (Å²) in [5, 5.41) is 11.8. The zero-order valence-corrected chi connectivity index (χ0v) is 30.3. The number of carbonyl (C=O) groups excluding carboxylic acids is 4. The molecule has 0 radical (unpaired) electrons. The summed E-state index contributed by atoms with van der Waals surface area (Å²) in [6.45, 7) is 1.97. The maximum absolute atomic E-state index is 15.3. The molecule has 8 rings (SSSR count). The molecule has 0 bridgehead atoms. The first-order chi connectivity index (χ1) is 25.7. The van der Waals surface area contributed by atoms with Crippen LogP contribution >= 0.6 is 0 Å². The van der Waals surface area contributed by atoms with Crippen LogP contribution in [0.15, 0.2) is 84.5 Å². The van der Waals surface area contributed by atoms with E-state index in [1.165, 1.54) is 19.2 Å². The monoisotopic (exact) mass is 715 g/mol. The van der Waals surface area contributed by atoms with Crippen molar-refractivity contribution in [2.45, 2.75) is 63.3 Å². The highest BCUT2D eigenvalue weighted by Gasteiger charge is 2.69. The number of aryl methyl sites for hydroxylation is 1. The Morgan fingerprint density at radius 1 is 0.849 bits per heavy atom. The number of aromatic hydroxyl groups is 1. The second kappa shape index (κ2) is 13.5. The van der Waals surface area contributed by atoms with E-state index in [2.05, 4.69) is 11.5 Å². The van der Waals surface area contributed by atoms with Crippen LogP contribution in [0.5, 0.6) is 17.2 Å². The Bertz CT molecular complexity index is 1990. The molecule has 3 aromatic carbocycles. The highest BCUT2D eigenvalue weighted by atomic mass is 16.5. The number of allylic oxidation sites excluding steroid dienone is 3. The van der Waals surface area contributed by atoms with Crippen LogP contribution in [-0.4, -0.2) is 58.9 Å². The number of nitrogens with zero attached hydrogens (tertiary/aromatic N) is 2. The first-order valence-electron chi connectivity index (χ1n) is 18.7. The number of hydrogen-bond acceptors (Lipinski definition) is 8. The average Bonchev–Trinajstić information content (AvgIpc) is 3.56. The van der Waals surface area contributed by atoms with E-state index < -0.39 is 35.0 Å². The number of amides is 4. The topological polar surface area (TPSA) is 125 Å². The van der Waals surface area contributed by atoms with E-state index in [0.717, 1.165) is 43.2 Å². The molecule has 3 aliphatic carbocycles. The third-order valence-corrected chi connectivity index (χ3v) is 12.4. The van der Waals surface area contributed by atoms with Crippen molar-refractivity contribution in [1.29, 1.82) is 0 Å². The predicted molar refractivity (Wildman–Crippen MR) is 199 cm³/mol. The maximum Gasteiger partial charge on any atom is 0.260 e. The van der Waals surface area contributed by atoms with Gasteiger partial charge in [0.25, 0.3) is 11.8 Å². The number of imide groups is 2. The van der Waals surface area contributed by atoms with Gasteiger partial charge in [-0.2, -0.15) is 5.01 Å². The van der Waals surface area contributed by atoms with Crippen molar-refractivity contribution in [3.05, 3.63) is 101 Å². The van der Waals surface area contributed by atoms with Crippen LogP contribution in [0.25, 0.3) is 6.08 Å². The van der Waals surface area contributed by atoms with Gasteiger partial charge in [0.1, 0.15) is 0 Å². The van der Waals surface area contributed by atoms with Crippen molar-refractivity contribution < 1.29 is 33.8 Å². The van der Waals surface area contributed by atoms with Gasteiger partial charge in [0, 0.05) is 12.0 Å². The number of methoxy groups -OCH3 is 2. The van der Waals surface area contributed by atoms with Gasteiger partial charge in [0.05, 0.1) is 43.1 Å². The molecule has 4 amide bonds. The number of likely N-dealkylation sites (tertiary alicyclic amines) is 1. The van der Waals surface area contributed by atoms with Crippen LogP contribution in [0.4, 0.5) is 5.69 Å². The lowest BCUT2D eigenvalue weighted by Gasteiger charge is -2.49. The van der Waals surface area contributed by atoms with Gasteiger partial charge in [0.15, 0.2) is 11.5 Å². The number of nitrogens with one attached hydrogen (secondary N) is 1. The summed E-state index contributed by atoms with van der Waals surface area (Å²) in [6.07, 6.45) is 11.2. The van der Waals surface area contributed by atoms with Gasteiger partial charge >= 0.3 is 0 Å². The summed E-state index contributed by atoms with van der Waals surface area (Å²) in [5.74, 6) is -3.69. The van der Waals surface area contributed by atoms with Crippen LogP contribution < -0.4 is 14.9 Å². The quantitative estimate of drug-likeness (QED) is 0.198. The van der Waals surface area contributed by atoms with E-state index in [9.17, 15) is 19.5 Å². The second-order valence-corrected chi connectivity index (χ2v) is 15.1. The number of fused-ring (bicyclic) bond motifs is 4. The van der Waals surface area contributed by atoms with Gasteiger partial charge in [-0.05, 0) is 73.9 Å². The molecule has 10 nitrogen and oxygen atoms in total. The van der Waals surface area contributed by atoms with Gasteiger partial charge in [0.2, 0.25) is 17.6 Å². The highest BCUT2D eigenvalue weighted by molar-refractivity contribution is 6.13. The standard InChI is InChI=1S/C43H45N3O7/c1-25-14-17-28(18-15-25)44-46-40(49)34-24-32-30(19-20-31-37(32)41(50)45(39(31)48)29-12-8-5-9-13-29)33(43(34,42(46)51)27-10-6-4-7-11-27)21-16-26-22-35(52-2)38(47)36(23-26)53-3/h4,6-7,10-11,14-19,21-23,29,31-34,37,44,47H,5,8-9,12-13,20,24H2,1-3H3/t31-,32+,33-,34-,37-,43-/m0/s1. The van der Waals surface area contributed by atoms with Crippen molar-refractivity contribution in [2.75, 3.05) is 19.6 Å². The summed E-state index contributed by atoms with van der Waals surface area (Å²) < 4.78 is 10.9. The fourth-order valence-electron chi connectivity index (χ4n) is 9.93. The molecule has 2 saturated heterocycles. The highest BCUT2D eigenvalue weighted by Crippen LogP contribution is 2.61. The van der Waals surface area contributed by atoms with Crippen LogP contribution in [-0.2, 0) is 24.6 Å². The molecule has 6 atom stereocenters. The molecule has 3 aromatic rings. The Morgan fingerprint density at radius 3 is 2.19 bits per heavy atom. The zero-order chi connectivity index (χ0) is 37.0. The molecule has 2 aliphatic heterocycles. The van der Waals surface area contributed by atoms with Gasteiger partial charge in [-0.1, -0.05) is 91.1 Å². The number of benzene rings is 3. The minimum Gasteiger partial charge on any atom is -0.502 e. The maximum atomic E-state index is 15.3. The van der Waals surface area contributed by atoms with Gasteiger partial charge < -0.3 is 14.6 Å². The molecule has 10 heteroatoms. The summed E-state index contributed by atoms with van der Waals surface area (Å²) in [6, 6.07) is 20.2. The van der Waals surface area contributed by atoms with Crippen molar-refractivity contribution in [3.63, 3.8) is 0 Å². The Labute approximate surface area is 309 Å². The fourth-order valence-corrected chi connectivity index (χ4v) is 9.93. The largest absolute Gasteiger partial charge is 0.502 e. The Morgan fingerprint density at radius 2 is 1.53 bits per heavy atom. The lowest BCUT2D eigenvalue weighted by molar-refractivity contribution is -0.144. The Kier molecular flexibility index (Phi) is 8.87. The number of phenolic OH excluding ortho intramolecular Hbond substituents is 1. The van der Waals surface area contributed by atoms with Crippen LogP contribution in [0, 0.1) is 36.5 Å². The smallest absolute Gasteiger partial charge is 0.260 e. The number of rotatable bonds is 8. The van der Waals surface area contributed by atoms with E-state index >= 15 is 4.79 Å². The number of carbonyl (C=O) groups is 4. The molecule has 4 fully saturated rings. The summed E-state index contributed by atoms with van der Waals surface area (Å²) in [4.78, 5) is 60.2. The molecular weight excluding hydrogens is 670 g/mol. The lowest BCUT2D eigenvalue weighted by atomic mass is 9.50. The number of hydrogen-bond donors (Lipinski definition) is 2. The molecular formula is C43H45N3O7. The molecule has 2 N–H and O–H groups in total. The van der Waals surface area contributed by atoms with Crippen molar-refractivity contribution in [2.24, 2.45) is 29.6 Å². The number of phenols is 1. The van der Waals surface area contributed by atoms with Crippen LogP contribution in [0.1, 0.15) is 61.6 Å². The number of hydrazine groups is 1. The molecule has 53 heavy (non-hydrogen) atoms. The van der Waals surface area contributed by atoms with E-state index in [1.54, 1.807) is 17.0 Å². The molecule has 2 heterocycles. The minimum absolute atomic E-state index is 0.0937. The van der Waals surface area contributed by atoms with Gasteiger partial charge in [-0.15, -0.1) is 0 Å². The molecule has 0 aromatic heterocycles. The normalized spacial score (nSPS) is 28.5. The zero-order valence-electron chi connectivity index (χ0n) is 30.3. The Balaban J connectivity index is 1.29. The minimum atomic E-state index is -1.36. The third-order valence-electron chi connectivity index (χ3n) is 12.4. The van der Waals surface area contributed by atoms with E-state index in [4.69, 9.17) is 9.47 Å². The van der Waals surface area contributed by atoms with Crippen molar-refractivity contribution >= 4 is 35.4 Å². The summed E-state index contributed by atoms with van der Waals surface area (Å²) in [5.41, 5.74) is 5.67. The predicted octanol–water partition coefficient (Wildman–Crippen LogP) is 6.58. The molecule has 5 aliphatic rings. The van der Waals surface area contributed by atoms with Crippen molar-refractivity contribution in [1.82, 2.24) is 9.91 Å². The third kappa shape index (κ3) is 5.44. The Hall–Kier alpha value is -5.38.